The number of ether oxygens (including phenoxy) is 2. The lowest BCUT2D eigenvalue weighted by molar-refractivity contribution is -0.144. The summed E-state index contributed by atoms with van der Waals surface area (Å²) < 4.78 is 20.4. The van der Waals surface area contributed by atoms with Crippen molar-refractivity contribution in [3.05, 3.63) is 106 Å². The summed E-state index contributed by atoms with van der Waals surface area (Å²) in [6.45, 7) is 5.41. The highest BCUT2D eigenvalue weighted by molar-refractivity contribution is 5.89. The SMILES string of the molecule is COc1cccc2oc(-c3nc4ccccc4c(=O)n3N=Cc3cc(C)n(-c4ccc(O[C@@H](C)C(=O)O)cc4)c3C)cc12. The second-order valence-electron chi connectivity index (χ2n) is 10.1. The number of carbonyl (C=O) groups is 1. The zero-order valence-electron chi connectivity index (χ0n) is 23.9. The van der Waals surface area contributed by atoms with E-state index in [-0.39, 0.29) is 11.4 Å². The Morgan fingerprint density at radius 3 is 2.53 bits per heavy atom. The Kier molecular flexibility index (Phi) is 7.03. The number of carboxylic acids is 1. The number of para-hydroxylation sites is 1. The first-order valence-electron chi connectivity index (χ1n) is 13.6. The van der Waals surface area contributed by atoms with Gasteiger partial charge in [-0.2, -0.15) is 9.78 Å². The standard InChI is InChI=1S/C33H28N4O6/c1-19-16-22(20(2)36(19)23-12-14-24(15-13-23)42-21(3)33(39)40)18-34-37-31(35-27-9-6-5-8-25(27)32(37)38)30-17-26-28(41-4)10-7-11-29(26)43-30/h5-18,21H,1-4H3,(H,39,40)/t21-/m0/s1. The van der Waals surface area contributed by atoms with Gasteiger partial charge in [0.15, 0.2) is 11.9 Å². The molecule has 3 aromatic heterocycles. The fourth-order valence-electron chi connectivity index (χ4n) is 5.08. The molecule has 3 heterocycles. The first-order valence-corrected chi connectivity index (χ1v) is 13.6. The number of furan rings is 1. The fourth-order valence-corrected chi connectivity index (χ4v) is 5.08. The normalized spacial score (nSPS) is 12.3. The van der Waals surface area contributed by atoms with Crippen molar-refractivity contribution in [3.8, 4) is 28.8 Å². The van der Waals surface area contributed by atoms with Crippen LogP contribution in [0.2, 0.25) is 0 Å². The number of nitrogens with zero attached hydrogens (tertiary/aromatic N) is 4. The van der Waals surface area contributed by atoms with Gasteiger partial charge >= 0.3 is 5.97 Å². The number of hydrogen-bond acceptors (Lipinski definition) is 7. The van der Waals surface area contributed by atoms with Crippen LogP contribution in [0.25, 0.3) is 39.1 Å². The maximum Gasteiger partial charge on any atom is 0.344 e. The van der Waals surface area contributed by atoms with Crippen LogP contribution in [0.3, 0.4) is 0 Å². The quantitative estimate of drug-likeness (QED) is 0.222. The smallest absolute Gasteiger partial charge is 0.344 e. The molecule has 0 saturated carbocycles. The fraction of sp³-hybridized carbons (Fsp3) is 0.152. The summed E-state index contributed by atoms with van der Waals surface area (Å²) in [5.41, 5.74) is 4.31. The average molecular weight is 577 g/mol. The van der Waals surface area contributed by atoms with Crippen LogP contribution in [0.4, 0.5) is 0 Å². The molecule has 216 valence electrons. The topological polar surface area (TPSA) is 121 Å². The molecule has 0 fully saturated rings. The molecular formula is C33H28N4O6. The van der Waals surface area contributed by atoms with Crippen LogP contribution in [-0.4, -0.2) is 44.7 Å². The largest absolute Gasteiger partial charge is 0.496 e. The summed E-state index contributed by atoms with van der Waals surface area (Å²) in [4.78, 5) is 29.6. The predicted octanol–water partition coefficient (Wildman–Crippen LogP) is 5.96. The van der Waals surface area contributed by atoms with Crippen LogP contribution in [0.15, 0.2) is 93.2 Å². The second kappa shape index (κ2) is 11.0. The van der Waals surface area contributed by atoms with E-state index in [1.54, 1.807) is 49.7 Å². The summed E-state index contributed by atoms with van der Waals surface area (Å²) in [5.74, 6) is 0.715. The van der Waals surface area contributed by atoms with E-state index in [2.05, 4.69) is 5.10 Å². The first kappa shape index (κ1) is 27.5. The molecule has 0 bridgehead atoms. The molecule has 0 spiro atoms. The van der Waals surface area contributed by atoms with Crippen LogP contribution in [0, 0.1) is 13.8 Å². The molecule has 10 heteroatoms. The highest BCUT2D eigenvalue weighted by Crippen LogP contribution is 2.33. The van der Waals surface area contributed by atoms with Crippen molar-refractivity contribution in [2.45, 2.75) is 26.9 Å². The Bertz CT molecular complexity index is 2090. The Morgan fingerprint density at radius 1 is 1.02 bits per heavy atom. The number of benzene rings is 3. The number of fused-ring (bicyclic) bond motifs is 2. The third-order valence-electron chi connectivity index (χ3n) is 7.25. The van der Waals surface area contributed by atoms with Gasteiger partial charge in [-0.15, -0.1) is 0 Å². The van der Waals surface area contributed by atoms with Gasteiger partial charge in [-0.25, -0.2) is 9.78 Å². The van der Waals surface area contributed by atoms with Crippen LogP contribution < -0.4 is 15.0 Å². The van der Waals surface area contributed by atoms with Crippen molar-refractivity contribution >= 4 is 34.1 Å². The van der Waals surface area contributed by atoms with Crippen molar-refractivity contribution in [3.63, 3.8) is 0 Å². The zero-order valence-corrected chi connectivity index (χ0v) is 23.9. The van der Waals surface area contributed by atoms with Gasteiger partial charge in [0.05, 0.1) is 29.6 Å². The second-order valence-corrected chi connectivity index (χ2v) is 10.1. The third-order valence-corrected chi connectivity index (χ3v) is 7.25. The number of rotatable bonds is 8. The maximum atomic E-state index is 13.7. The molecule has 6 aromatic rings. The zero-order chi connectivity index (χ0) is 30.2. The number of methoxy groups -OCH3 is 1. The van der Waals surface area contributed by atoms with Gasteiger partial charge in [0.2, 0.25) is 5.82 Å². The molecule has 43 heavy (non-hydrogen) atoms. The highest BCUT2D eigenvalue weighted by atomic mass is 16.5. The first-order chi connectivity index (χ1) is 20.7. The molecule has 1 atom stereocenters. The summed E-state index contributed by atoms with van der Waals surface area (Å²) in [5, 5.41) is 14.9. The molecule has 1 N–H and O–H groups in total. The molecule has 6 rings (SSSR count). The predicted molar refractivity (Wildman–Crippen MR) is 164 cm³/mol. The van der Waals surface area contributed by atoms with Gasteiger partial charge in [-0.1, -0.05) is 18.2 Å². The summed E-state index contributed by atoms with van der Waals surface area (Å²) >= 11 is 0. The van der Waals surface area contributed by atoms with E-state index in [0.717, 1.165) is 28.0 Å². The molecular weight excluding hydrogens is 548 g/mol. The monoisotopic (exact) mass is 576 g/mol. The number of aromatic nitrogens is 3. The van der Waals surface area contributed by atoms with Gasteiger partial charge in [0.25, 0.3) is 5.56 Å². The van der Waals surface area contributed by atoms with Crippen molar-refractivity contribution in [2.75, 3.05) is 7.11 Å². The van der Waals surface area contributed by atoms with Crippen molar-refractivity contribution in [1.82, 2.24) is 14.2 Å². The molecule has 0 radical (unpaired) electrons. The summed E-state index contributed by atoms with van der Waals surface area (Å²) in [6, 6.07) is 23.6. The van der Waals surface area contributed by atoms with Gasteiger partial charge < -0.3 is 23.6 Å². The van der Waals surface area contributed by atoms with Crippen LogP contribution in [0.1, 0.15) is 23.9 Å². The van der Waals surface area contributed by atoms with E-state index < -0.39 is 12.1 Å². The van der Waals surface area contributed by atoms with Gasteiger partial charge in [0, 0.05) is 22.6 Å². The van der Waals surface area contributed by atoms with Crippen molar-refractivity contribution < 1.29 is 23.8 Å². The van der Waals surface area contributed by atoms with Gasteiger partial charge in [0.1, 0.15) is 17.1 Å². The Hall–Kier alpha value is -5.64. The Labute approximate surface area is 246 Å². The van der Waals surface area contributed by atoms with Crippen molar-refractivity contribution in [1.29, 1.82) is 0 Å². The summed E-state index contributed by atoms with van der Waals surface area (Å²) in [7, 11) is 1.59. The Balaban J connectivity index is 1.41. The molecule has 3 aromatic carbocycles. The van der Waals surface area contributed by atoms with Gasteiger partial charge in [-0.05, 0) is 81.4 Å². The van der Waals surface area contributed by atoms with E-state index in [1.165, 1.54) is 11.6 Å². The molecule has 0 amide bonds. The minimum Gasteiger partial charge on any atom is -0.496 e. The van der Waals surface area contributed by atoms with Crippen LogP contribution >= 0.6 is 0 Å². The van der Waals surface area contributed by atoms with Gasteiger partial charge in [-0.3, -0.25) is 4.79 Å². The lowest BCUT2D eigenvalue weighted by atomic mass is 10.2. The molecule has 0 aliphatic carbocycles. The highest BCUT2D eigenvalue weighted by Gasteiger charge is 2.19. The van der Waals surface area contributed by atoms with E-state index in [0.29, 0.717) is 33.7 Å². The van der Waals surface area contributed by atoms with Crippen molar-refractivity contribution in [2.24, 2.45) is 5.10 Å². The number of aliphatic carboxylic acids is 1. The molecule has 0 aliphatic heterocycles. The molecule has 0 saturated heterocycles. The number of hydrogen-bond donors (Lipinski definition) is 1. The summed E-state index contributed by atoms with van der Waals surface area (Å²) in [6.07, 6.45) is 0.679. The van der Waals surface area contributed by atoms with E-state index in [4.69, 9.17) is 24.0 Å². The van der Waals surface area contributed by atoms with Crippen LogP contribution in [-0.2, 0) is 4.79 Å². The molecule has 0 aliphatic rings. The minimum atomic E-state index is -1.03. The van der Waals surface area contributed by atoms with E-state index in [1.807, 2.05) is 60.9 Å². The molecule has 10 nitrogen and oxygen atoms in total. The number of aryl methyl sites for hydroxylation is 1. The van der Waals surface area contributed by atoms with Crippen LogP contribution in [0.5, 0.6) is 11.5 Å². The molecule has 0 unspecified atom stereocenters. The number of carboxylic acid groups (broad SMARTS) is 1. The van der Waals surface area contributed by atoms with E-state index in [9.17, 15) is 9.59 Å². The average Bonchev–Trinajstić information content (AvgIpc) is 3.57. The lowest BCUT2D eigenvalue weighted by Crippen LogP contribution is -2.22. The Morgan fingerprint density at radius 2 is 1.79 bits per heavy atom. The lowest BCUT2D eigenvalue weighted by Gasteiger charge is -2.13. The maximum absolute atomic E-state index is 13.7. The minimum absolute atomic E-state index is 0.262. The van der Waals surface area contributed by atoms with E-state index >= 15 is 0 Å². The third kappa shape index (κ3) is 5.03.